The largest absolute Gasteiger partial charge is 0.432 e. The predicted octanol–water partition coefficient (Wildman–Crippen LogP) is -2.18. The molecule has 0 amide bonds. The molecule has 14 N–H and O–H groups in total. The van der Waals surface area contributed by atoms with Gasteiger partial charge in [-0.1, -0.05) is 53.2 Å². The Balaban J connectivity index is 0.914. The lowest BCUT2D eigenvalue weighted by Gasteiger charge is -2.71. The van der Waals surface area contributed by atoms with Crippen molar-refractivity contribution in [3.63, 3.8) is 0 Å². The average molecular weight is 1110 g/mol. The summed E-state index contributed by atoms with van der Waals surface area (Å²) in [5.74, 6) is -0.530. The Hall–Kier alpha value is -1.63. The van der Waals surface area contributed by atoms with Gasteiger partial charge in [-0.15, -0.1) is 0 Å². The number of hydrogen-bond acceptors (Lipinski definition) is 23. The Morgan fingerprint density at radius 2 is 1.17 bits per heavy atom. The molecule has 77 heavy (non-hydrogen) atoms. The van der Waals surface area contributed by atoms with Crippen LogP contribution in [0.25, 0.3) is 0 Å². The van der Waals surface area contributed by atoms with E-state index in [0.717, 1.165) is 12.8 Å². The minimum Gasteiger partial charge on any atom is -0.432 e. The summed E-state index contributed by atoms with van der Waals surface area (Å²) >= 11 is 0. The number of allylic oxidation sites excluding steroid dienone is 2. The number of aliphatic hydroxyl groups is 14. The zero-order chi connectivity index (χ0) is 56.2. The molecule has 5 aliphatic carbocycles. The number of carbonyl (C=O) groups is 1. The van der Waals surface area contributed by atoms with Gasteiger partial charge in [-0.2, -0.15) is 0 Å². The van der Waals surface area contributed by atoms with Crippen LogP contribution >= 0.6 is 0 Å². The van der Waals surface area contributed by atoms with Gasteiger partial charge < -0.3 is 109 Å². The third-order valence-electron chi connectivity index (χ3n) is 21.9. The van der Waals surface area contributed by atoms with Crippen LogP contribution in [-0.4, -0.2) is 233 Å². The van der Waals surface area contributed by atoms with Crippen molar-refractivity contribution >= 4 is 5.97 Å². The van der Waals surface area contributed by atoms with Crippen LogP contribution in [0.2, 0.25) is 0 Å². The van der Waals surface area contributed by atoms with Crippen molar-refractivity contribution in [1.29, 1.82) is 0 Å². The van der Waals surface area contributed by atoms with Gasteiger partial charge >= 0.3 is 5.97 Å². The maximum atomic E-state index is 15.1. The quantitative estimate of drug-likeness (QED) is 0.0561. The summed E-state index contributed by atoms with van der Waals surface area (Å²) in [7, 11) is 0. The number of hydrogen-bond donors (Lipinski definition) is 14. The van der Waals surface area contributed by atoms with Crippen LogP contribution in [0.1, 0.15) is 106 Å². The lowest BCUT2D eigenvalue weighted by molar-refractivity contribution is -0.367. The number of rotatable bonds is 12. The smallest absolute Gasteiger partial charge is 0.315 e. The molecule has 4 saturated heterocycles. The maximum Gasteiger partial charge on any atom is 0.315 e. The Bertz CT molecular complexity index is 2100. The molecule has 4 heterocycles. The highest BCUT2D eigenvalue weighted by Gasteiger charge is 2.71. The van der Waals surface area contributed by atoms with Crippen molar-refractivity contribution in [2.24, 2.45) is 56.7 Å². The molecule has 31 unspecified atom stereocenters. The molecule has 4 saturated carbocycles. The summed E-state index contributed by atoms with van der Waals surface area (Å²) in [6.07, 6.45) is -24.0. The number of ether oxygens (including phenoxy) is 8. The van der Waals surface area contributed by atoms with Crippen LogP contribution in [-0.2, 0) is 42.7 Å². The van der Waals surface area contributed by atoms with Crippen LogP contribution < -0.4 is 0 Å². The highest BCUT2D eigenvalue weighted by atomic mass is 16.8. The molecule has 23 heteroatoms. The number of carbonyl (C=O) groups excluding carboxylic acids is 1. The molecule has 0 aromatic carbocycles. The molecular weight excluding hydrogens is 1020 g/mol. The second-order valence-corrected chi connectivity index (χ2v) is 25.6. The first-order chi connectivity index (χ1) is 36.2. The van der Waals surface area contributed by atoms with Crippen LogP contribution in [0, 0.1) is 56.7 Å². The molecule has 0 bridgehead atoms. The van der Waals surface area contributed by atoms with E-state index in [1.807, 2.05) is 6.92 Å². The Morgan fingerprint density at radius 3 is 1.83 bits per heavy atom. The second-order valence-electron chi connectivity index (χ2n) is 25.6. The van der Waals surface area contributed by atoms with Gasteiger partial charge in [-0.05, 0) is 111 Å². The maximum absolute atomic E-state index is 15.1. The monoisotopic (exact) mass is 1100 g/mol. The Kier molecular flexibility index (Phi) is 17.3. The molecule has 0 aromatic heterocycles. The van der Waals surface area contributed by atoms with Gasteiger partial charge in [0.05, 0.1) is 44.1 Å². The minimum atomic E-state index is -1.85. The van der Waals surface area contributed by atoms with Crippen molar-refractivity contribution in [3.05, 3.63) is 11.6 Å². The lowest BCUT2D eigenvalue weighted by atomic mass is 9.33. The standard InChI is InChI=1S/C54H88O23/c1-22-10-15-54(49(69)77-48-42(67)38(63)35(60)28(74-48)20-70-45-40(65)37(62)34(59)26(18-55)72-45)17-16-52(6)25(32(54)23(22)2)8-9-30-50(4)13-12-31(51(5,21-57)29(50)11-14-53(30,52)7)75-47-43(68)39(64)44(27(19-56)73-47)76-46-41(66)36(61)33(58)24(3)71-46/h8,22-24,26-48,55-68H,9-21H2,1-7H3. The van der Waals surface area contributed by atoms with Crippen molar-refractivity contribution in [2.75, 3.05) is 26.4 Å². The third kappa shape index (κ3) is 9.61. The molecule has 31 atom stereocenters. The van der Waals surface area contributed by atoms with Gasteiger partial charge in [0.25, 0.3) is 0 Å². The fourth-order valence-electron chi connectivity index (χ4n) is 16.6. The fourth-order valence-corrected chi connectivity index (χ4v) is 16.6. The number of fused-ring (bicyclic) bond motifs is 7. The highest BCUT2D eigenvalue weighted by Crippen LogP contribution is 2.76. The van der Waals surface area contributed by atoms with E-state index in [0.29, 0.717) is 44.9 Å². The van der Waals surface area contributed by atoms with Gasteiger partial charge in [0.1, 0.15) is 91.6 Å². The van der Waals surface area contributed by atoms with E-state index in [2.05, 4.69) is 40.7 Å². The second kappa shape index (κ2) is 22.2. The molecule has 9 aliphatic rings. The van der Waals surface area contributed by atoms with E-state index in [-0.39, 0.29) is 52.4 Å². The number of aliphatic hydroxyl groups excluding tert-OH is 14. The molecule has 9 rings (SSSR count). The average Bonchev–Trinajstić information content (AvgIpc) is 3.58. The van der Waals surface area contributed by atoms with E-state index in [4.69, 9.17) is 37.9 Å². The molecule has 442 valence electrons. The molecule has 8 fully saturated rings. The van der Waals surface area contributed by atoms with Gasteiger partial charge in [-0.3, -0.25) is 4.79 Å². The zero-order valence-electron chi connectivity index (χ0n) is 45.2. The Labute approximate surface area is 449 Å². The van der Waals surface area contributed by atoms with Crippen LogP contribution in [0.5, 0.6) is 0 Å². The molecule has 0 spiro atoms. The summed E-state index contributed by atoms with van der Waals surface area (Å²) in [6, 6.07) is 0. The van der Waals surface area contributed by atoms with Gasteiger partial charge in [0, 0.05) is 5.41 Å². The summed E-state index contributed by atoms with van der Waals surface area (Å²) in [6.45, 7) is 12.6. The first-order valence-corrected chi connectivity index (χ1v) is 28.0. The van der Waals surface area contributed by atoms with E-state index in [1.54, 1.807) is 0 Å². The van der Waals surface area contributed by atoms with Gasteiger partial charge in [0.2, 0.25) is 6.29 Å². The summed E-state index contributed by atoms with van der Waals surface area (Å²) < 4.78 is 47.3. The molecule has 4 aliphatic heterocycles. The van der Waals surface area contributed by atoms with Crippen molar-refractivity contribution in [1.82, 2.24) is 0 Å². The summed E-state index contributed by atoms with van der Waals surface area (Å²) in [5, 5.41) is 150. The van der Waals surface area contributed by atoms with E-state index in [1.165, 1.54) is 12.5 Å². The number of esters is 1. The normalized spacial score (nSPS) is 55.9. The topological polar surface area (TPSA) is 374 Å². The molecule has 23 nitrogen and oxygen atoms in total. The fraction of sp³-hybridized carbons (Fsp3) is 0.944. The first kappa shape index (κ1) is 60.0. The first-order valence-electron chi connectivity index (χ1n) is 28.0. The van der Waals surface area contributed by atoms with Crippen molar-refractivity contribution < 1.29 is 114 Å². The van der Waals surface area contributed by atoms with Crippen LogP contribution in [0.4, 0.5) is 0 Å². The van der Waals surface area contributed by atoms with Gasteiger partial charge in [-0.25, -0.2) is 0 Å². The summed E-state index contributed by atoms with van der Waals surface area (Å²) in [5.41, 5.74) is -1.69. The molecule has 0 radical (unpaired) electrons. The van der Waals surface area contributed by atoms with Crippen molar-refractivity contribution in [3.8, 4) is 0 Å². The van der Waals surface area contributed by atoms with Gasteiger partial charge in [0.15, 0.2) is 18.9 Å². The SMILES string of the molecule is CC1CCC2(C(=O)OC3OC(COC4OC(CO)C(O)C(O)C4O)C(O)C(O)C3O)CCC3(C)C(=CCC4C5(C)CCC(OC6OC(CO)C(OC7OC(C)C(O)C(O)C7O)C(O)C6O)C(C)(CO)C5CCC43C)C2C1C. The van der Waals surface area contributed by atoms with E-state index < -0.39 is 166 Å². The predicted molar refractivity (Wildman–Crippen MR) is 263 cm³/mol. The minimum absolute atomic E-state index is 0.0322. The van der Waals surface area contributed by atoms with Crippen LogP contribution in [0.15, 0.2) is 11.6 Å². The molecule has 0 aromatic rings. The molecular formula is C54H88O23. The van der Waals surface area contributed by atoms with Crippen molar-refractivity contribution in [2.45, 2.75) is 235 Å². The third-order valence-corrected chi connectivity index (χ3v) is 21.9. The highest BCUT2D eigenvalue weighted by molar-refractivity contribution is 5.79. The van der Waals surface area contributed by atoms with E-state index >= 15 is 4.79 Å². The zero-order valence-corrected chi connectivity index (χ0v) is 45.2. The Morgan fingerprint density at radius 1 is 0.584 bits per heavy atom. The van der Waals surface area contributed by atoms with Crippen LogP contribution in [0.3, 0.4) is 0 Å². The summed E-state index contributed by atoms with van der Waals surface area (Å²) in [4.78, 5) is 15.1. The lowest BCUT2D eigenvalue weighted by Crippen LogP contribution is -2.67. The van der Waals surface area contributed by atoms with E-state index in [9.17, 15) is 71.5 Å².